The van der Waals surface area contributed by atoms with E-state index in [1.807, 2.05) is 56.3 Å². The van der Waals surface area contributed by atoms with Crippen LogP contribution in [0.3, 0.4) is 0 Å². The van der Waals surface area contributed by atoms with Crippen molar-refractivity contribution < 1.29 is 24.8 Å². The van der Waals surface area contributed by atoms with E-state index in [4.69, 9.17) is 9.47 Å². The Kier molecular flexibility index (Phi) is 8.06. The van der Waals surface area contributed by atoms with Crippen LogP contribution in [0.5, 0.6) is 17.2 Å². The van der Waals surface area contributed by atoms with Gasteiger partial charge >= 0.3 is 0 Å². The highest BCUT2D eigenvalue weighted by molar-refractivity contribution is 5.61. The van der Waals surface area contributed by atoms with E-state index in [0.717, 1.165) is 37.1 Å². The molecule has 0 aromatic heterocycles. The predicted molar refractivity (Wildman–Crippen MR) is 153 cm³/mol. The molecule has 4 N–H and O–H groups in total. The summed E-state index contributed by atoms with van der Waals surface area (Å²) in [5.74, 6) is 2.01. The Morgan fingerprint density at radius 1 is 1.23 bits per heavy atom. The topological polar surface area (TPSA) is 94.4 Å². The van der Waals surface area contributed by atoms with Crippen molar-refractivity contribution in [3.8, 4) is 17.2 Å². The molecule has 2 aromatic carbocycles. The van der Waals surface area contributed by atoms with Crippen LogP contribution in [0.25, 0.3) is 0 Å². The number of hydrogen-bond donors (Lipinski definition) is 4. The minimum absolute atomic E-state index is 0.160. The van der Waals surface area contributed by atoms with Gasteiger partial charge in [0.25, 0.3) is 0 Å². The lowest BCUT2D eigenvalue weighted by atomic mass is 9.53. The molecular weight excluding hydrogens is 492 g/mol. The zero-order valence-corrected chi connectivity index (χ0v) is 23.2. The van der Waals surface area contributed by atoms with Crippen LogP contribution in [0, 0.1) is 5.92 Å². The summed E-state index contributed by atoms with van der Waals surface area (Å²) in [6.45, 7) is 9.68. The van der Waals surface area contributed by atoms with Crippen molar-refractivity contribution in [2.75, 3.05) is 26.7 Å². The summed E-state index contributed by atoms with van der Waals surface area (Å²) in [6.07, 6.45) is 7.30. The fourth-order valence-electron chi connectivity index (χ4n) is 6.82. The van der Waals surface area contributed by atoms with Gasteiger partial charge in [0.05, 0.1) is 0 Å². The van der Waals surface area contributed by atoms with Crippen LogP contribution >= 0.6 is 0 Å². The normalized spacial score (nSPS) is 28.7. The number of aliphatic hydroxyl groups excluding tert-OH is 2. The van der Waals surface area contributed by atoms with Crippen LogP contribution in [0.15, 0.2) is 61.2 Å². The van der Waals surface area contributed by atoms with E-state index in [1.165, 1.54) is 11.1 Å². The van der Waals surface area contributed by atoms with E-state index in [0.29, 0.717) is 36.9 Å². The van der Waals surface area contributed by atoms with Crippen LogP contribution < -0.4 is 14.8 Å². The van der Waals surface area contributed by atoms with Gasteiger partial charge in [-0.25, -0.2) is 0 Å². The molecule has 2 heterocycles. The highest BCUT2D eigenvalue weighted by Gasteiger charge is 2.64. The second-order valence-electron chi connectivity index (χ2n) is 11.6. The van der Waals surface area contributed by atoms with Crippen LogP contribution in [0.2, 0.25) is 0 Å². The maximum Gasteiger partial charge on any atom is 0.165 e. The third-order valence-corrected chi connectivity index (χ3v) is 8.68. The van der Waals surface area contributed by atoms with Crippen molar-refractivity contribution >= 4 is 0 Å². The van der Waals surface area contributed by atoms with E-state index >= 15 is 0 Å². The lowest BCUT2D eigenvalue weighted by molar-refractivity contribution is -0.0453. The maximum absolute atomic E-state index is 10.4. The molecule has 1 spiro atoms. The van der Waals surface area contributed by atoms with Crippen molar-refractivity contribution in [1.82, 2.24) is 10.2 Å². The quantitative estimate of drug-likeness (QED) is 0.386. The first kappa shape index (κ1) is 27.7. The number of hydrogen-bond acceptors (Lipinski definition) is 7. The van der Waals surface area contributed by atoms with Crippen molar-refractivity contribution in [1.29, 1.82) is 0 Å². The van der Waals surface area contributed by atoms with Gasteiger partial charge in [-0.2, -0.15) is 0 Å². The molecule has 1 saturated heterocycles. The number of likely N-dealkylation sites (tertiary alicyclic amines) is 1. The Morgan fingerprint density at radius 3 is 2.79 bits per heavy atom. The Bertz CT molecular complexity index is 1210. The molecule has 6 rings (SSSR count). The SMILES string of the molecule is C=CCc1ccccc1OCC(O)CNC(C)C.CN1CC[C@]23c4c5ccc(O)c4O[C@H]2[C@@H](O)C=C[C@H]3[C@H]1C5. The summed E-state index contributed by atoms with van der Waals surface area (Å²) in [5.41, 5.74) is 3.38. The standard InChI is InChI=1S/C17H19NO3.C15H23NO2/c1-18-7-6-17-10-3-5-13(20)16(17)21-15-12(19)4-2-9(14(15)17)8-11(10)18;1-4-7-13-8-5-6-9-15(13)18-11-14(17)10-16-12(2)3/h2-5,10-11,13,16,19-20H,6-8H2,1H3;4-6,8-9,12,14,16-17H,1,7,10-11H2,2-3H3/t10-,11+,13-,16-,17-;/m0./s1. The van der Waals surface area contributed by atoms with E-state index < -0.39 is 12.2 Å². The number of aliphatic hydroxyl groups is 2. The molecule has 2 aliphatic carbocycles. The lowest BCUT2D eigenvalue weighted by Crippen LogP contribution is -2.64. The molecule has 2 aromatic rings. The number of allylic oxidation sites excluding steroid dienone is 1. The number of ether oxygens (including phenoxy) is 2. The number of piperidine rings is 1. The summed E-state index contributed by atoms with van der Waals surface area (Å²) >= 11 is 0. The van der Waals surface area contributed by atoms with Gasteiger partial charge < -0.3 is 35.0 Å². The molecular formula is C32H42N2O5. The average Bonchev–Trinajstić information content (AvgIpc) is 3.28. The number of benzene rings is 2. The number of nitrogens with zero attached hydrogens (tertiary/aromatic N) is 1. The fourth-order valence-corrected chi connectivity index (χ4v) is 6.82. The molecule has 7 heteroatoms. The monoisotopic (exact) mass is 534 g/mol. The first-order chi connectivity index (χ1) is 18.8. The number of aromatic hydroxyl groups is 1. The smallest absolute Gasteiger partial charge is 0.165 e. The van der Waals surface area contributed by atoms with Crippen molar-refractivity contribution in [3.05, 3.63) is 77.9 Å². The molecule has 6 atom stereocenters. The highest BCUT2D eigenvalue weighted by atomic mass is 16.5. The molecule has 7 nitrogen and oxygen atoms in total. The second kappa shape index (κ2) is 11.3. The van der Waals surface area contributed by atoms with Gasteiger partial charge in [0, 0.05) is 35.5 Å². The van der Waals surface area contributed by atoms with E-state index in [9.17, 15) is 15.3 Å². The van der Waals surface area contributed by atoms with Gasteiger partial charge in [-0.05, 0) is 56.1 Å². The van der Waals surface area contributed by atoms with Gasteiger partial charge in [-0.15, -0.1) is 6.58 Å². The number of nitrogens with one attached hydrogen (secondary N) is 1. The van der Waals surface area contributed by atoms with Crippen LogP contribution in [-0.2, 0) is 18.3 Å². The number of para-hydroxylation sites is 1. The van der Waals surface area contributed by atoms with Crippen LogP contribution in [0.4, 0.5) is 0 Å². The van der Waals surface area contributed by atoms with E-state index in [1.54, 1.807) is 6.07 Å². The molecule has 0 radical (unpaired) electrons. The number of phenolic OH excluding ortho intramolecular Hbond substituents is 1. The number of phenols is 1. The average molecular weight is 535 g/mol. The molecule has 2 aliphatic heterocycles. The van der Waals surface area contributed by atoms with Crippen molar-refractivity contribution in [2.45, 2.75) is 68.9 Å². The minimum atomic E-state index is -0.594. The fraction of sp³-hybridized carbons (Fsp3) is 0.500. The molecule has 39 heavy (non-hydrogen) atoms. The van der Waals surface area contributed by atoms with E-state index in [-0.39, 0.29) is 17.3 Å². The van der Waals surface area contributed by atoms with Crippen molar-refractivity contribution in [2.24, 2.45) is 5.92 Å². The van der Waals surface area contributed by atoms with Crippen LogP contribution in [0.1, 0.15) is 37.0 Å². The first-order valence-corrected chi connectivity index (χ1v) is 14.1. The van der Waals surface area contributed by atoms with Crippen molar-refractivity contribution in [3.63, 3.8) is 0 Å². The molecule has 0 saturated carbocycles. The van der Waals surface area contributed by atoms with Gasteiger partial charge in [0.1, 0.15) is 30.7 Å². The third-order valence-electron chi connectivity index (χ3n) is 8.68. The number of likely N-dealkylation sites (N-methyl/N-ethyl adjacent to an activating group) is 1. The Balaban J connectivity index is 0.000000161. The summed E-state index contributed by atoms with van der Waals surface area (Å²) in [5, 5.41) is 33.6. The summed E-state index contributed by atoms with van der Waals surface area (Å²) in [6, 6.07) is 12.4. The van der Waals surface area contributed by atoms with Gasteiger partial charge in [-0.1, -0.05) is 56.3 Å². The molecule has 1 fully saturated rings. The zero-order chi connectivity index (χ0) is 27.7. The predicted octanol–water partition coefficient (Wildman–Crippen LogP) is 3.35. The van der Waals surface area contributed by atoms with Gasteiger partial charge in [0.2, 0.25) is 0 Å². The second-order valence-corrected chi connectivity index (χ2v) is 11.6. The lowest BCUT2D eigenvalue weighted by Gasteiger charge is -2.56. The summed E-state index contributed by atoms with van der Waals surface area (Å²) in [4.78, 5) is 2.43. The maximum atomic E-state index is 10.4. The summed E-state index contributed by atoms with van der Waals surface area (Å²) in [7, 11) is 2.19. The summed E-state index contributed by atoms with van der Waals surface area (Å²) < 4.78 is 11.7. The Hall–Kier alpha value is -2.84. The Labute approximate surface area is 231 Å². The molecule has 4 aliphatic rings. The van der Waals surface area contributed by atoms with Gasteiger partial charge in [-0.3, -0.25) is 0 Å². The molecule has 1 unspecified atom stereocenters. The van der Waals surface area contributed by atoms with Gasteiger partial charge in [0.15, 0.2) is 11.5 Å². The van der Waals surface area contributed by atoms with E-state index in [2.05, 4.69) is 29.9 Å². The number of rotatable bonds is 8. The zero-order valence-electron chi connectivity index (χ0n) is 23.2. The largest absolute Gasteiger partial charge is 0.504 e. The first-order valence-electron chi connectivity index (χ1n) is 14.1. The minimum Gasteiger partial charge on any atom is -0.504 e. The highest BCUT2D eigenvalue weighted by Crippen LogP contribution is 2.62. The molecule has 210 valence electrons. The Morgan fingerprint density at radius 2 is 2.03 bits per heavy atom. The van der Waals surface area contributed by atoms with Crippen LogP contribution in [-0.4, -0.2) is 77.4 Å². The third kappa shape index (κ3) is 5.09. The molecule has 0 amide bonds. The molecule has 2 bridgehead atoms.